The number of pyridine rings is 1. The summed E-state index contributed by atoms with van der Waals surface area (Å²) in [5.41, 5.74) is 1.63. The van der Waals surface area contributed by atoms with Gasteiger partial charge in [0.05, 0.1) is 12.2 Å². The number of rotatable bonds is 3. The molecule has 1 heterocycles. The molecule has 6 nitrogen and oxygen atoms in total. The van der Waals surface area contributed by atoms with Crippen molar-refractivity contribution in [2.75, 3.05) is 0 Å². The Morgan fingerprint density at radius 1 is 0.808 bits per heavy atom. The Hall–Kier alpha value is -2.96. The summed E-state index contributed by atoms with van der Waals surface area (Å²) in [7, 11) is 0. The minimum absolute atomic E-state index is 0.0764. The first kappa shape index (κ1) is 21.1. The zero-order chi connectivity index (χ0) is 19.2. The van der Waals surface area contributed by atoms with Gasteiger partial charge in [0.15, 0.2) is 11.5 Å². The molecule has 0 fully saturated rings. The van der Waals surface area contributed by atoms with E-state index in [9.17, 15) is 5.11 Å². The summed E-state index contributed by atoms with van der Waals surface area (Å²) >= 11 is 1.06. The molecule has 0 unspecified atom stereocenters. The van der Waals surface area contributed by atoms with Crippen molar-refractivity contribution >= 4 is 6.21 Å². The second-order valence-electron chi connectivity index (χ2n) is 4.84. The van der Waals surface area contributed by atoms with Crippen LogP contribution in [0, 0.1) is 0 Å². The maximum absolute atomic E-state index is 9.50. The third kappa shape index (κ3) is 7.74. The minimum atomic E-state index is -0.0764. The molecule has 0 radical (unpaired) electrons. The molecular formula is C19H18N2O4V. The molecule has 0 aliphatic heterocycles. The van der Waals surface area contributed by atoms with E-state index in [4.69, 9.17) is 13.9 Å². The van der Waals surface area contributed by atoms with Crippen molar-refractivity contribution in [3.05, 3.63) is 84.2 Å². The van der Waals surface area contributed by atoms with Crippen molar-refractivity contribution in [2.24, 2.45) is 4.99 Å². The molecule has 0 aliphatic rings. The van der Waals surface area contributed by atoms with E-state index >= 15 is 0 Å². The van der Waals surface area contributed by atoms with Crippen LogP contribution >= 0.6 is 0 Å². The van der Waals surface area contributed by atoms with E-state index in [-0.39, 0.29) is 17.2 Å². The van der Waals surface area contributed by atoms with Gasteiger partial charge in [0.2, 0.25) is 0 Å². The van der Waals surface area contributed by atoms with E-state index in [1.807, 2.05) is 30.3 Å². The first-order valence-electron chi connectivity index (χ1n) is 7.50. The van der Waals surface area contributed by atoms with Crippen LogP contribution in [0.4, 0.5) is 0 Å². The van der Waals surface area contributed by atoms with Crippen molar-refractivity contribution in [1.82, 2.24) is 4.98 Å². The van der Waals surface area contributed by atoms with Crippen LogP contribution in [0.2, 0.25) is 0 Å². The van der Waals surface area contributed by atoms with Crippen molar-refractivity contribution in [1.29, 1.82) is 0 Å². The van der Waals surface area contributed by atoms with E-state index in [1.165, 1.54) is 12.1 Å². The summed E-state index contributed by atoms with van der Waals surface area (Å²) in [6.07, 6.45) is 3.40. The Morgan fingerprint density at radius 3 is 1.85 bits per heavy atom. The predicted molar refractivity (Wildman–Crippen MR) is 94.1 cm³/mol. The number of hydrogen-bond acceptors (Lipinski definition) is 6. The monoisotopic (exact) mass is 389 g/mol. The van der Waals surface area contributed by atoms with Crippen molar-refractivity contribution in [2.45, 2.75) is 6.54 Å². The van der Waals surface area contributed by atoms with E-state index in [2.05, 4.69) is 9.98 Å². The molecule has 0 atom stereocenters. The van der Waals surface area contributed by atoms with Gasteiger partial charge in [0.1, 0.15) is 5.75 Å². The number of benzene rings is 2. The molecule has 0 spiro atoms. The number of phenols is 3. The number of para-hydroxylation sites is 3. The SMILES string of the molecule is Oc1ccccc1C=NCc1ccccn1.Oc1ccccc1O.[O]=[V]. The van der Waals surface area contributed by atoms with Gasteiger partial charge in [-0.3, -0.25) is 9.98 Å². The normalized spacial score (nSPS) is 9.50. The van der Waals surface area contributed by atoms with E-state index in [0.717, 1.165) is 28.6 Å². The first-order chi connectivity index (χ1) is 12.7. The number of nitrogens with zero attached hydrogens (tertiary/aromatic N) is 2. The molecule has 2 aromatic carbocycles. The topological polar surface area (TPSA) is 103 Å². The van der Waals surface area contributed by atoms with Gasteiger partial charge in [-0.25, -0.2) is 0 Å². The average molecular weight is 389 g/mol. The van der Waals surface area contributed by atoms with Crippen molar-refractivity contribution in [3.63, 3.8) is 0 Å². The van der Waals surface area contributed by atoms with Gasteiger partial charge in [0, 0.05) is 18.0 Å². The van der Waals surface area contributed by atoms with E-state index in [0.29, 0.717) is 6.54 Å². The molecule has 0 saturated carbocycles. The fraction of sp³-hybridized carbons (Fsp3) is 0.0526. The molecule has 3 rings (SSSR count). The summed E-state index contributed by atoms with van der Waals surface area (Å²) in [4.78, 5) is 8.38. The van der Waals surface area contributed by atoms with Crippen LogP contribution in [0.3, 0.4) is 0 Å². The summed E-state index contributed by atoms with van der Waals surface area (Å²) in [5, 5.41) is 26.8. The number of aromatic hydroxyl groups is 3. The Balaban J connectivity index is 0.000000284. The summed E-state index contributed by atoms with van der Waals surface area (Å²) in [5.74, 6) is 0.0901. The fourth-order valence-corrected chi connectivity index (χ4v) is 1.79. The third-order valence-electron chi connectivity index (χ3n) is 3.03. The van der Waals surface area contributed by atoms with Gasteiger partial charge in [-0.2, -0.15) is 0 Å². The van der Waals surface area contributed by atoms with Crippen molar-refractivity contribution in [3.8, 4) is 17.2 Å². The first-order valence-corrected chi connectivity index (χ1v) is 8.07. The van der Waals surface area contributed by atoms with E-state index < -0.39 is 0 Å². The fourth-order valence-electron chi connectivity index (χ4n) is 1.79. The molecule has 133 valence electrons. The van der Waals surface area contributed by atoms with Gasteiger partial charge >= 0.3 is 21.0 Å². The molecular weight excluding hydrogens is 371 g/mol. The maximum atomic E-state index is 9.50. The number of hydrogen-bond donors (Lipinski definition) is 3. The molecule has 0 amide bonds. The second kappa shape index (κ2) is 12.4. The van der Waals surface area contributed by atoms with Gasteiger partial charge in [-0.1, -0.05) is 30.3 Å². The van der Waals surface area contributed by atoms with Crippen LogP contribution in [0.5, 0.6) is 17.2 Å². The number of aliphatic imine (C=N–C) groups is 1. The van der Waals surface area contributed by atoms with E-state index in [1.54, 1.807) is 36.7 Å². The van der Waals surface area contributed by atoms with Crippen molar-refractivity contribution < 1.29 is 36.4 Å². The van der Waals surface area contributed by atoms with Crippen LogP contribution in [0.25, 0.3) is 0 Å². The standard InChI is InChI=1S/C13H12N2O.C6H6O2.O.V/c16-13-7-2-1-5-11(13)9-14-10-12-6-3-4-8-15-12;7-5-3-1-2-4-6(5)8;;/h1-9,16H,10H2;1-4,7-8H;;. The molecule has 0 aliphatic carbocycles. The zero-order valence-corrected chi connectivity index (χ0v) is 15.2. The molecule has 3 aromatic rings. The van der Waals surface area contributed by atoms with Gasteiger partial charge in [-0.15, -0.1) is 0 Å². The molecule has 0 bridgehead atoms. The van der Waals surface area contributed by atoms with Crippen LogP contribution in [0.1, 0.15) is 11.3 Å². The van der Waals surface area contributed by atoms with Gasteiger partial charge in [0.25, 0.3) is 0 Å². The van der Waals surface area contributed by atoms with Crippen LogP contribution < -0.4 is 0 Å². The molecule has 7 heteroatoms. The summed E-state index contributed by atoms with van der Waals surface area (Å²) < 4.78 is 8.19. The van der Waals surface area contributed by atoms with Gasteiger partial charge in [-0.05, 0) is 36.4 Å². The molecule has 26 heavy (non-hydrogen) atoms. The zero-order valence-electron chi connectivity index (χ0n) is 13.8. The summed E-state index contributed by atoms with van der Waals surface area (Å²) in [6, 6.07) is 19.0. The Kier molecular flexibility index (Phi) is 10.1. The summed E-state index contributed by atoms with van der Waals surface area (Å²) in [6.45, 7) is 0.523. The molecule has 3 N–H and O–H groups in total. The second-order valence-corrected chi connectivity index (χ2v) is 4.84. The number of phenolic OH excluding ortho intramolecular Hbond substituents is 3. The third-order valence-corrected chi connectivity index (χ3v) is 3.03. The number of aromatic nitrogens is 1. The Bertz CT molecular complexity index is 792. The molecule has 0 saturated heterocycles. The van der Waals surface area contributed by atoms with Crippen LogP contribution in [0.15, 0.2) is 77.9 Å². The quantitative estimate of drug-likeness (QED) is 0.471. The Labute approximate surface area is 160 Å². The average Bonchev–Trinajstić information content (AvgIpc) is 2.69. The predicted octanol–water partition coefficient (Wildman–Crippen LogP) is 3.38. The van der Waals surface area contributed by atoms with Crippen LogP contribution in [-0.2, 0) is 27.6 Å². The molecule has 1 aromatic heterocycles. The van der Waals surface area contributed by atoms with Crippen LogP contribution in [-0.4, -0.2) is 26.5 Å². The Morgan fingerprint density at radius 2 is 1.35 bits per heavy atom. The van der Waals surface area contributed by atoms with Gasteiger partial charge < -0.3 is 15.3 Å².